The first-order chi connectivity index (χ1) is 9.24. The Kier molecular flexibility index (Phi) is 4.00. The van der Waals surface area contributed by atoms with Crippen molar-refractivity contribution in [3.05, 3.63) is 29.8 Å². The minimum atomic E-state index is -4.30. The molecule has 0 radical (unpaired) electrons. The zero-order chi connectivity index (χ0) is 15.0. The number of nitrogens with one attached hydrogen (secondary N) is 1. The summed E-state index contributed by atoms with van der Waals surface area (Å²) in [6.45, 7) is 3.16. The summed E-state index contributed by atoms with van der Waals surface area (Å²) in [6.07, 6.45) is -3.25. The van der Waals surface area contributed by atoms with Gasteiger partial charge in [0.1, 0.15) is 5.75 Å². The topological polar surface area (TPSA) is 21.3 Å². The molecule has 0 saturated heterocycles. The van der Waals surface area contributed by atoms with E-state index in [1.54, 1.807) is 12.1 Å². The molecule has 1 aliphatic carbocycles. The fourth-order valence-corrected chi connectivity index (χ4v) is 2.94. The van der Waals surface area contributed by atoms with Crippen LogP contribution in [0.15, 0.2) is 24.3 Å². The van der Waals surface area contributed by atoms with E-state index in [-0.39, 0.29) is 11.2 Å². The Labute approximate surface area is 117 Å². The average Bonchev–Trinajstić information content (AvgIpc) is 2.36. The highest BCUT2D eigenvalue weighted by atomic mass is 19.4. The summed E-state index contributed by atoms with van der Waals surface area (Å²) in [5.41, 5.74) is 1.31. The number of benzene rings is 1. The van der Waals surface area contributed by atoms with Gasteiger partial charge in [-0.05, 0) is 42.5 Å². The molecule has 5 heteroatoms. The first-order valence-corrected chi connectivity index (χ1v) is 6.71. The number of ether oxygens (including phenoxy) is 1. The highest BCUT2D eigenvalue weighted by Gasteiger charge is 2.47. The maximum Gasteiger partial charge on any atom is 0.422 e. The van der Waals surface area contributed by atoms with Crippen molar-refractivity contribution in [3.63, 3.8) is 0 Å². The van der Waals surface area contributed by atoms with Crippen LogP contribution >= 0.6 is 0 Å². The zero-order valence-corrected chi connectivity index (χ0v) is 11.9. The largest absolute Gasteiger partial charge is 0.484 e. The van der Waals surface area contributed by atoms with Crippen molar-refractivity contribution in [2.45, 2.75) is 38.4 Å². The highest BCUT2D eigenvalue weighted by molar-refractivity contribution is 5.33. The molecule has 0 heterocycles. The van der Waals surface area contributed by atoms with Crippen molar-refractivity contribution in [3.8, 4) is 5.75 Å². The van der Waals surface area contributed by atoms with Crippen molar-refractivity contribution in [2.24, 2.45) is 5.41 Å². The summed E-state index contributed by atoms with van der Waals surface area (Å²) in [7, 11) is 1.96. The summed E-state index contributed by atoms with van der Waals surface area (Å²) in [4.78, 5) is 0. The molecular formula is C15H20F3NO. The Morgan fingerprint density at radius 3 is 2.30 bits per heavy atom. The second-order valence-corrected chi connectivity index (χ2v) is 5.92. The van der Waals surface area contributed by atoms with Crippen LogP contribution in [-0.2, 0) is 0 Å². The van der Waals surface area contributed by atoms with Crippen LogP contribution in [0.5, 0.6) is 5.75 Å². The first-order valence-electron chi connectivity index (χ1n) is 6.71. The second-order valence-electron chi connectivity index (χ2n) is 5.92. The van der Waals surface area contributed by atoms with E-state index in [0.29, 0.717) is 12.0 Å². The van der Waals surface area contributed by atoms with Crippen LogP contribution in [0.2, 0.25) is 0 Å². The Morgan fingerprint density at radius 1 is 1.25 bits per heavy atom. The molecule has 2 atom stereocenters. The van der Waals surface area contributed by atoms with Crippen LogP contribution in [0.1, 0.15) is 31.7 Å². The lowest BCUT2D eigenvalue weighted by Gasteiger charge is -2.52. The standard InChI is InChI=1S/C15H20F3NO/c1-14(2)12(8-13(14)19-3)10-4-6-11(7-5-10)20-9-15(16,17)18/h4-7,12-13,19H,8-9H2,1-3H3. The monoisotopic (exact) mass is 287 g/mol. The molecule has 1 aromatic rings. The van der Waals surface area contributed by atoms with Gasteiger partial charge < -0.3 is 10.1 Å². The number of alkyl halides is 3. The Balaban J connectivity index is 1.99. The lowest BCUT2D eigenvalue weighted by atomic mass is 9.56. The summed E-state index contributed by atoms with van der Waals surface area (Å²) in [5, 5.41) is 3.29. The Morgan fingerprint density at radius 2 is 1.85 bits per heavy atom. The van der Waals surface area contributed by atoms with Gasteiger partial charge in [0.2, 0.25) is 0 Å². The Hall–Kier alpha value is -1.23. The fourth-order valence-electron chi connectivity index (χ4n) is 2.94. The molecule has 112 valence electrons. The summed E-state index contributed by atoms with van der Waals surface area (Å²) >= 11 is 0. The van der Waals surface area contributed by atoms with Gasteiger partial charge in [-0.25, -0.2) is 0 Å². The summed E-state index contributed by atoms with van der Waals surface area (Å²) < 4.78 is 40.9. The van der Waals surface area contributed by atoms with Crippen molar-refractivity contribution in [2.75, 3.05) is 13.7 Å². The molecule has 1 saturated carbocycles. The maximum atomic E-state index is 12.1. The molecule has 2 rings (SSSR count). The molecule has 0 spiro atoms. The van der Waals surface area contributed by atoms with Crippen molar-refractivity contribution < 1.29 is 17.9 Å². The zero-order valence-electron chi connectivity index (χ0n) is 11.9. The SMILES string of the molecule is CNC1CC(c2ccc(OCC(F)(F)F)cc2)C1(C)C. The quantitative estimate of drug-likeness (QED) is 0.911. The number of hydrogen-bond donors (Lipinski definition) is 1. The van der Waals surface area contributed by atoms with E-state index in [1.807, 2.05) is 19.2 Å². The van der Waals surface area contributed by atoms with E-state index in [0.717, 1.165) is 12.0 Å². The molecule has 2 nitrogen and oxygen atoms in total. The molecule has 1 aromatic carbocycles. The highest BCUT2D eigenvalue weighted by Crippen LogP contribution is 2.52. The molecule has 2 unspecified atom stereocenters. The van der Waals surface area contributed by atoms with Crippen LogP contribution in [0.3, 0.4) is 0 Å². The number of rotatable bonds is 4. The van der Waals surface area contributed by atoms with Gasteiger partial charge in [0, 0.05) is 6.04 Å². The van der Waals surface area contributed by atoms with Gasteiger partial charge >= 0.3 is 6.18 Å². The molecule has 1 fully saturated rings. The molecule has 0 amide bonds. The lowest BCUT2D eigenvalue weighted by Crippen LogP contribution is -2.54. The van der Waals surface area contributed by atoms with E-state index in [2.05, 4.69) is 19.2 Å². The average molecular weight is 287 g/mol. The van der Waals surface area contributed by atoms with Crippen molar-refractivity contribution in [1.82, 2.24) is 5.32 Å². The molecule has 1 aliphatic rings. The van der Waals surface area contributed by atoms with Crippen LogP contribution in [-0.4, -0.2) is 25.9 Å². The van der Waals surface area contributed by atoms with Gasteiger partial charge in [0.05, 0.1) is 0 Å². The molecule has 0 aromatic heterocycles. The molecule has 0 aliphatic heterocycles. The van der Waals surface area contributed by atoms with Crippen molar-refractivity contribution in [1.29, 1.82) is 0 Å². The second kappa shape index (κ2) is 5.28. The van der Waals surface area contributed by atoms with Crippen LogP contribution in [0, 0.1) is 5.41 Å². The predicted molar refractivity (Wildman–Crippen MR) is 72.0 cm³/mol. The third kappa shape index (κ3) is 3.08. The maximum absolute atomic E-state index is 12.1. The van der Waals surface area contributed by atoms with Gasteiger partial charge in [-0.1, -0.05) is 26.0 Å². The van der Waals surface area contributed by atoms with Gasteiger partial charge in [-0.3, -0.25) is 0 Å². The van der Waals surface area contributed by atoms with E-state index in [1.165, 1.54) is 0 Å². The normalized spacial score (nSPS) is 25.1. The minimum absolute atomic E-state index is 0.156. The van der Waals surface area contributed by atoms with Crippen molar-refractivity contribution >= 4 is 0 Å². The van der Waals surface area contributed by atoms with Crippen LogP contribution in [0.25, 0.3) is 0 Å². The van der Waals surface area contributed by atoms with Crippen LogP contribution in [0.4, 0.5) is 13.2 Å². The van der Waals surface area contributed by atoms with E-state index in [9.17, 15) is 13.2 Å². The smallest absolute Gasteiger partial charge is 0.422 e. The lowest BCUT2D eigenvalue weighted by molar-refractivity contribution is -0.153. The number of halogens is 3. The van der Waals surface area contributed by atoms with E-state index < -0.39 is 12.8 Å². The molecular weight excluding hydrogens is 267 g/mol. The molecule has 0 bridgehead atoms. The van der Waals surface area contributed by atoms with Crippen LogP contribution < -0.4 is 10.1 Å². The molecule has 20 heavy (non-hydrogen) atoms. The Bertz CT molecular complexity index is 453. The van der Waals surface area contributed by atoms with Gasteiger partial charge in [0.15, 0.2) is 6.61 Å². The minimum Gasteiger partial charge on any atom is -0.484 e. The van der Waals surface area contributed by atoms with E-state index >= 15 is 0 Å². The summed E-state index contributed by atoms with van der Waals surface area (Å²) in [6, 6.07) is 7.44. The summed E-state index contributed by atoms with van der Waals surface area (Å²) in [5.74, 6) is 0.685. The first kappa shape index (κ1) is 15.2. The van der Waals surface area contributed by atoms with Gasteiger partial charge in [-0.15, -0.1) is 0 Å². The number of hydrogen-bond acceptors (Lipinski definition) is 2. The van der Waals surface area contributed by atoms with E-state index in [4.69, 9.17) is 4.74 Å². The third-order valence-corrected chi connectivity index (χ3v) is 4.30. The van der Waals surface area contributed by atoms with Gasteiger partial charge in [-0.2, -0.15) is 13.2 Å². The third-order valence-electron chi connectivity index (χ3n) is 4.30. The van der Waals surface area contributed by atoms with Gasteiger partial charge in [0.25, 0.3) is 0 Å². The molecule has 1 N–H and O–H groups in total. The fraction of sp³-hybridized carbons (Fsp3) is 0.600. The predicted octanol–water partition coefficient (Wildman–Crippen LogP) is 3.73.